The van der Waals surface area contributed by atoms with Gasteiger partial charge in [0.1, 0.15) is 16.7 Å². The minimum atomic E-state index is -0.610. The lowest BCUT2D eigenvalue weighted by molar-refractivity contribution is -0.116. The van der Waals surface area contributed by atoms with Crippen LogP contribution in [0, 0.1) is 0 Å². The van der Waals surface area contributed by atoms with E-state index in [9.17, 15) is 14.4 Å². The van der Waals surface area contributed by atoms with Crippen LogP contribution in [0.5, 0.6) is 5.75 Å². The molecular weight excluding hydrogens is 653 g/mol. The number of hydrogen-bond acceptors (Lipinski definition) is 5. The molecule has 0 aliphatic rings. The average molecular weight is 683 g/mol. The fourth-order valence-electron chi connectivity index (χ4n) is 4.51. The molecule has 0 aliphatic carbocycles. The molecule has 0 fully saturated rings. The van der Waals surface area contributed by atoms with Gasteiger partial charge in [0.25, 0.3) is 11.8 Å². The van der Waals surface area contributed by atoms with E-state index in [0.717, 1.165) is 10.5 Å². The van der Waals surface area contributed by atoms with Crippen molar-refractivity contribution in [3.63, 3.8) is 0 Å². The third-order valence-corrected chi connectivity index (χ3v) is 8.63. The molecule has 10 heteroatoms. The van der Waals surface area contributed by atoms with E-state index in [2.05, 4.69) is 16.0 Å². The summed E-state index contributed by atoms with van der Waals surface area (Å²) in [6, 6.07) is 37.1. The first-order valence-electron chi connectivity index (χ1n) is 14.4. The van der Waals surface area contributed by atoms with Crippen LogP contribution in [0.4, 0.5) is 11.4 Å². The standard InChI is InChI=1S/C37H29Cl2N3O4S/c1-46-30-16-8-14-28(22-30)41-37(45)34(24-10-4-2-5-11-24)47-31-17-9-15-29(23-31)40-36(44)33(20-26-18-19-27(38)21-32(26)39)42-35(43)25-12-6-3-7-13-25/h2-23,34H,1H3,(H,40,44)(H,41,45)(H,42,43)/b33-20+. The number of halogens is 2. The van der Waals surface area contributed by atoms with Crippen LogP contribution in [0.25, 0.3) is 6.08 Å². The number of benzene rings is 5. The lowest BCUT2D eigenvalue weighted by Gasteiger charge is -2.18. The third kappa shape index (κ3) is 9.26. The number of carbonyl (C=O) groups is 3. The van der Waals surface area contributed by atoms with Crippen LogP contribution in [0.15, 0.2) is 138 Å². The van der Waals surface area contributed by atoms with Crippen LogP contribution < -0.4 is 20.7 Å². The quantitative estimate of drug-likeness (QED) is 0.0956. The number of methoxy groups -OCH3 is 1. The molecule has 5 aromatic carbocycles. The lowest BCUT2D eigenvalue weighted by Crippen LogP contribution is -2.30. The van der Waals surface area contributed by atoms with Crippen LogP contribution in [-0.4, -0.2) is 24.8 Å². The van der Waals surface area contributed by atoms with Gasteiger partial charge in [-0.15, -0.1) is 11.8 Å². The average Bonchev–Trinajstić information content (AvgIpc) is 3.09. The summed E-state index contributed by atoms with van der Waals surface area (Å²) >= 11 is 13.8. The molecule has 0 aliphatic heterocycles. The molecule has 5 aromatic rings. The van der Waals surface area contributed by atoms with Crippen LogP contribution >= 0.6 is 35.0 Å². The van der Waals surface area contributed by atoms with Gasteiger partial charge < -0.3 is 20.7 Å². The van der Waals surface area contributed by atoms with Crippen LogP contribution in [0.1, 0.15) is 26.7 Å². The Labute approximate surface area is 287 Å². The number of rotatable bonds is 11. The number of nitrogens with one attached hydrogen (secondary N) is 3. The molecule has 0 saturated carbocycles. The van der Waals surface area contributed by atoms with Crippen molar-refractivity contribution in [2.24, 2.45) is 0 Å². The topological polar surface area (TPSA) is 96.5 Å². The SMILES string of the molecule is COc1cccc(NC(=O)C(Sc2cccc(NC(=O)/C(=C\c3ccc(Cl)cc3Cl)NC(=O)c3ccccc3)c2)c2ccccc2)c1. The molecule has 1 unspecified atom stereocenters. The lowest BCUT2D eigenvalue weighted by atomic mass is 10.1. The van der Waals surface area contributed by atoms with Gasteiger partial charge in [-0.25, -0.2) is 0 Å². The molecule has 0 heterocycles. The number of ether oxygens (including phenoxy) is 1. The predicted molar refractivity (Wildman–Crippen MR) is 190 cm³/mol. The molecule has 0 aromatic heterocycles. The van der Waals surface area contributed by atoms with Gasteiger partial charge in [-0.3, -0.25) is 14.4 Å². The Balaban J connectivity index is 1.39. The molecule has 7 nitrogen and oxygen atoms in total. The van der Waals surface area contributed by atoms with E-state index in [4.69, 9.17) is 27.9 Å². The molecule has 236 valence electrons. The van der Waals surface area contributed by atoms with Gasteiger partial charge in [0.2, 0.25) is 5.91 Å². The van der Waals surface area contributed by atoms with E-state index >= 15 is 0 Å². The second-order valence-corrected chi connectivity index (χ2v) is 12.2. The van der Waals surface area contributed by atoms with E-state index in [-0.39, 0.29) is 11.6 Å². The number of hydrogen-bond donors (Lipinski definition) is 3. The van der Waals surface area contributed by atoms with Gasteiger partial charge in [-0.2, -0.15) is 0 Å². The first kappa shape index (κ1) is 33.3. The van der Waals surface area contributed by atoms with Crippen molar-refractivity contribution in [3.05, 3.63) is 160 Å². The van der Waals surface area contributed by atoms with E-state index < -0.39 is 17.1 Å². The second kappa shape index (κ2) is 16.0. The van der Waals surface area contributed by atoms with Crippen LogP contribution in [-0.2, 0) is 9.59 Å². The summed E-state index contributed by atoms with van der Waals surface area (Å²) in [5.74, 6) is -0.633. The summed E-state index contributed by atoms with van der Waals surface area (Å²) in [7, 11) is 1.57. The van der Waals surface area contributed by atoms with E-state index in [1.54, 1.807) is 98.1 Å². The molecule has 0 radical (unpaired) electrons. The maximum atomic E-state index is 13.6. The zero-order chi connectivity index (χ0) is 33.2. The Morgan fingerprint density at radius 3 is 2.13 bits per heavy atom. The van der Waals surface area contributed by atoms with Crippen molar-refractivity contribution in [2.75, 3.05) is 17.7 Å². The minimum absolute atomic E-state index is 0.0269. The summed E-state index contributed by atoms with van der Waals surface area (Å²) in [5, 5.41) is 8.70. The number of amides is 3. The Kier molecular flexibility index (Phi) is 11.4. The highest BCUT2D eigenvalue weighted by Gasteiger charge is 2.23. The Hall–Kier alpha value is -5.02. The highest BCUT2D eigenvalue weighted by atomic mass is 35.5. The summed E-state index contributed by atoms with van der Waals surface area (Å²) in [6.07, 6.45) is 1.49. The van der Waals surface area contributed by atoms with E-state index in [1.165, 1.54) is 17.8 Å². The highest BCUT2D eigenvalue weighted by Crippen LogP contribution is 2.37. The van der Waals surface area contributed by atoms with Gasteiger partial charge in [0.05, 0.1) is 7.11 Å². The molecule has 47 heavy (non-hydrogen) atoms. The normalized spacial score (nSPS) is 11.7. The number of carbonyl (C=O) groups excluding carboxylic acids is 3. The monoisotopic (exact) mass is 681 g/mol. The van der Waals surface area contributed by atoms with Crippen LogP contribution in [0.3, 0.4) is 0 Å². The molecule has 0 spiro atoms. The summed E-state index contributed by atoms with van der Waals surface area (Å²) in [5.41, 5.74) is 2.72. The Bertz CT molecular complexity index is 1920. The molecule has 0 bridgehead atoms. The number of thioether (sulfide) groups is 1. The molecular formula is C37H29Cl2N3O4S. The van der Waals surface area contributed by atoms with Gasteiger partial charge in [0.15, 0.2) is 0 Å². The van der Waals surface area contributed by atoms with Crippen molar-refractivity contribution in [3.8, 4) is 5.75 Å². The summed E-state index contributed by atoms with van der Waals surface area (Å²) in [6.45, 7) is 0. The van der Waals surface area contributed by atoms with Crippen molar-refractivity contribution >= 4 is 70.1 Å². The van der Waals surface area contributed by atoms with Crippen molar-refractivity contribution < 1.29 is 19.1 Å². The fraction of sp³-hybridized carbons (Fsp3) is 0.0541. The molecule has 3 N–H and O–H groups in total. The minimum Gasteiger partial charge on any atom is -0.497 e. The van der Waals surface area contributed by atoms with Crippen molar-refractivity contribution in [1.82, 2.24) is 5.32 Å². The van der Waals surface area contributed by atoms with Gasteiger partial charge in [-0.1, -0.05) is 89.9 Å². The Morgan fingerprint density at radius 1 is 0.745 bits per heavy atom. The fourth-order valence-corrected chi connectivity index (χ4v) is 6.05. The molecule has 0 saturated heterocycles. The van der Waals surface area contributed by atoms with Gasteiger partial charge in [0, 0.05) is 37.9 Å². The van der Waals surface area contributed by atoms with E-state index in [1.807, 2.05) is 36.4 Å². The first-order valence-corrected chi connectivity index (χ1v) is 16.0. The second-order valence-electron chi connectivity index (χ2n) is 10.2. The zero-order valence-corrected chi connectivity index (χ0v) is 27.4. The highest BCUT2D eigenvalue weighted by molar-refractivity contribution is 8.00. The zero-order valence-electron chi connectivity index (χ0n) is 25.1. The number of anilines is 2. The van der Waals surface area contributed by atoms with Crippen molar-refractivity contribution in [1.29, 1.82) is 0 Å². The summed E-state index contributed by atoms with van der Waals surface area (Å²) < 4.78 is 5.30. The van der Waals surface area contributed by atoms with Crippen molar-refractivity contribution in [2.45, 2.75) is 10.1 Å². The predicted octanol–water partition coefficient (Wildman–Crippen LogP) is 8.88. The maximum Gasteiger partial charge on any atom is 0.272 e. The molecule has 5 rings (SSSR count). The van der Waals surface area contributed by atoms with Gasteiger partial charge in [-0.05, 0) is 71.8 Å². The Morgan fingerprint density at radius 2 is 1.43 bits per heavy atom. The summed E-state index contributed by atoms with van der Waals surface area (Å²) in [4.78, 5) is 41.0. The first-order chi connectivity index (χ1) is 22.8. The largest absolute Gasteiger partial charge is 0.497 e. The van der Waals surface area contributed by atoms with Gasteiger partial charge >= 0.3 is 0 Å². The van der Waals surface area contributed by atoms with Crippen LogP contribution in [0.2, 0.25) is 10.0 Å². The molecule has 3 amide bonds. The smallest absolute Gasteiger partial charge is 0.272 e. The molecule has 1 atom stereocenters. The van der Waals surface area contributed by atoms with E-state index in [0.29, 0.717) is 38.3 Å². The maximum absolute atomic E-state index is 13.6. The third-order valence-electron chi connectivity index (χ3n) is 6.81.